The number of rotatable bonds is 6. The van der Waals surface area contributed by atoms with E-state index in [-0.39, 0.29) is 17.5 Å². The molecule has 2 aromatic heterocycles. The Morgan fingerprint density at radius 1 is 1.35 bits per heavy atom. The number of nitrogens with zero attached hydrogens (tertiary/aromatic N) is 2. The summed E-state index contributed by atoms with van der Waals surface area (Å²) >= 11 is 1.47. The van der Waals surface area contributed by atoms with Crippen molar-refractivity contribution in [1.82, 2.24) is 14.7 Å². The molecule has 2 aromatic rings. The molecule has 0 aliphatic rings. The van der Waals surface area contributed by atoms with Gasteiger partial charge in [0.05, 0.1) is 11.4 Å². The summed E-state index contributed by atoms with van der Waals surface area (Å²) in [7, 11) is 0. The Balaban J connectivity index is 1.96. The van der Waals surface area contributed by atoms with E-state index in [1.807, 2.05) is 26.0 Å². The van der Waals surface area contributed by atoms with Crippen molar-refractivity contribution >= 4 is 23.3 Å². The summed E-state index contributed by atoms with van der Waals surface area (Å²) in [5, 5.41) is 2.97. The molecule has 6 heteroatoms. The lowest BCUT2D eigenvalue weighted by atomic mass is 10.1. The largest absolute Gasteiger partial charge is 0.353 e. The molecule has 0 aromatic carbocycles. The number of carbonyl (C=O) groups excluding carboxylic acids is 1. The third-order valence-corrected chi connectivity index (χ3v) is 4.70. The fourth-order valence-electron chi connectivity index (χ4n) is 2.04. The molecule has 1 atom stereocenters. The van der Waals surface area contributed by atoms with E-state index in [2.05, 4.69) is 24.1 Å². The van der Waals surface area contributed by atoms with Crippen molar-refractivity contribution in [3.8, 4) is 0 Å². The Hall–Kier alpha value is -1.82. The van der Waals surface area contributed by atoms with Crippen LogP contribution in [0.3, 0.4) is 0 Å². The molecule has 0 spiro atoms. The SMILES string of the molecule is Cc1ccc2nc(CSCC(=O)N[C@H](C)C(C)C)cc(=O)n2c1. The fourth-order valence-corrected chi connectivity index (χ4v) is 2.77. The van der Waals surface area contributed by atoms with Crippen LogP contribution in [0.5, 0.6) is 0 Å². The number of hydrogen-bond donors (Lipinski definition) is 1. The lowest BCUT2D eigenvalue weighted by Crippen LogP contribution is -2.37. The standard InChI is InChI=1S/C17H23N3O2S/c1-11(2)13(4)18-16(21)10-23-9-14-7-17(22)20-8-12(3)5-6-15(20)19-14/h5-8,11,13H,9-10H2,1-4H3,(H,18,21)/t13-/m1/s1. The first kappa shape index (κ1) is 17.5. The quantitative estimate of drug-likeness (QED) is 0.882. The normalized spacial score (nSPS) is 12.6. The van der Waals surface area contributed by atoms with Crippen molar-refractivity contribution in [3.05, 3.63) is 46.0 Å². The molecule has 0 aliphatic heterocycles. The van der Waals surface area contributed by atoms with Gasteiger partial charge in [0.15, 0.2) is 0 Å². The topological polar surface area (TPSA) is 63.5 Å². The van der Waals surface area contributed by atoms with Crippen molar-refractivity contribution < 1.29 is 4.79 Å². The molecule has 23 heavy (non-hydrogen) atoms. The molecule has 2 heterocycles. The molecule has 0 saturated carbocycles. The Labute approximate surface area is 140 Å². The van der Waals surface area contributed by atoms with E-state index in [0.717, 1.165) is 5.56 Å². The van der Waals surface area contributed by atoms with Gasteiger partial charge in [-0.05, 0) is 31.4 Å². The van der Waals surface area contributed by atoms with Gasteiger partial charge in [0.25, 0.3) is 5.56 Å². The minimum atomic E-state index is -0.0906. The number of aryl methyl sites for hydroxylation is 1. The van der Waals surface area contributed by atoms with Gasteiger partial charge in [0, 0.05) is 24.1 Å². The van der Waals surface area contributed by atoms with E-state index in [9.17, 15) is 9.59 Å². The molecule has 2 rings (SSSR count). The van der Waals surface area contributed by atoms with E-state index in [4.69, 9.17) is 0 Å². The van der Waals surface area contributed by atoms with Crippen LogP contribution >= 0.6 is 11.8 Å². The van der Waals surface area contributed by atoms with Crippen LogP contribution in [0.2, 0.25) is 0 Å². The van der Waals surface area contributed by atoms with Gasteiger partial charge < -0.3 is 5.32 Å². The summed E-state index contributed by atoms with van der Waals surface area (Å²) in [6.07, 6.45) is 1.78. The van der Waals surface area contributed by atoms with Crippen molar-refractivity contribution in [3.63, 3.8) is 0 Å². The first-order valence-electron chi connectivity index (χ1n) is 7.73. The maximum Gasteiger partial charge on any atom is 0.258 e. The van der Waals surface area contributed by atoms with Crippen LogP contribution < -0.4 is 10.9 Å². The van der Waals surface area contributed by atoms with Gasteiger partial charge in [-0.1, -0.05) is 19.9 Å². The minimum absolute atomic E-state index is 0.0179. The Bertz CT molecular complexity index is 755. The van der Waals surface area contributed by atoms with Crippen LogP contribution in [-0.4, -0.2) is 27.1 Å². The summed E-state index contributed by atoms with van der Waals surface area (Å²) < 4.78 is 1.54. The molecule has 124 valence electrons. The maximum absolute atomic E-state index is 12.1. The number of pyridine rings is 1. The minimum Gasteiger partial charge on any atom is -0.353 e. The highest BCUT2D eigenvalue weighted by atomic mass is 32.2. The molecule has 0 bridgehead atoms. The van der Waals surface area contributed by atoms with Crippen molar-refractivity contribution in [1.29, 1.82) is 0 Å². The molecular formula is C17H23N3O2S. The van der Waals surface area contributed by atoms with E-state index >= 15 is 0 Å². The molecule has 0 fully saturated rings. The number of nitrogens with one attached hydrogen (secondary N) is 1. The summed E-state index contributed by atoms with van der Waals surface area (Å²) in [4.78, 5) is 28.4. The molecule has 0 saturated heterocycles. The van der Waals surface area contributed by atoms with E-state index in [0.29, 0.717) is 28.8 Å². The predicted octanol–water partition coefficient (Wildman–Crippen LogP) is 2.40. The molecule has 1 N–H and O–H groups in total. The lowest BCUT2D eigenvalue weighted by molar-refractivity contribution is -0.119. The lowest BCUT2D eigenvalue weighted by Gasteiger charge is -2.17. The molecular weight excluding hydrogens is 310 g/mol. The van der Waals surface area contributed by atoms with Crippen LogP contribution in [0, 0.1) is 12.8 Å². The van der Waals surface area contributed by atoms with Crippen LogP contribution in [0.25, 0.3) is 5.65 Å². The first-order chi connectivity index (χ1) is 10.9. The highest BCUT2D eigenvalue weighted by Gasteiger charge is 2.11. The van der Waals surface area contributed by atoms with Crippen LogP contribution in [0.1, 0.15) is 32.0 Å². The zero-order chi connectivity index (χ0) is 17.0. The summed E-state index contributed by atoms with van der Waals surface area (Å²) in [6.45, 7) is 8.09. The zero-order valence-electron chi connectivity index (χ0n) is 14.0. The van der Waals surface area contributed by atoms with E-state index in [1.165, 1.54) is 17.8 Å². The molecule has 5 nitrogen and oxygen atoms in total. The molecule has 1 amide bonds. The maximum atomic E-state index is 12.1. The fraction of sp³-hybridized carbons (Fsp3) is 0.471. The average Bonchev–Trinajstić information content (AvgIpc) is 2.48. The van der Waals surface area contributed by atoms with Gasteiger partial charge in [-0.15, -0.1) is 11.8 Å². The smallest absolute Gasteiger partial charge is 0.258 e. The first-order valence-corrected chi connectivity index (χ1v) is 8.88. The highest BCUT2D eigenvalue weighted by Crippen LogP contribution is 2.11. The van der Waals surface area contributed by atoms with E-state index in [1.54, 1.807) is 10.6 Å². The van der Waals surface area contributed by atoms with Gasteiger partial charge >= 0.3 is 0 Å². The van der Waals surface area contributed by atoms with Crippen LogP contribution in [0.4, 0.5) is 0 Å². The Morgan fingerprint density at radius 3 is 2.78 bits per heavy atom. The van der Waals surface area contributed by atoms with Crippen molar-refractivity contribution in [2.24, 2.45) is 5.92 Å². The second kappa shape index (κ2) is 7.64. The van der Waals surface area contributed by atoms with Crippen LogP contribution in [-0.2, 0) is 10.5 Å². The van der Waals surface area contributed by atoms with Gasteiger partial charge in [-0.3, -0.25) is 14.0 Å². The molecule has 0 unspecified atom stereocenters. The number of fused-ring (bicyclic) bond motifs is 1. The summed E-state index contributed by atoms with van der Waals surface area (Å²) in [5.41, 5.74) is 2.26. The number of hydrogen-bond acceptors (Lipinski definition) is 4. The monoisotopic (exact) mass is 333 g/mol. The third kappa shape index (κ3) is 4.82. The third-order valence-electron chi connectivity index (χ3n) is 3.73. The van der Waals surface area contributed by atoms with Crippen molar-refractivity contribution in [2.45, 2.75) is 39.5 Å². The number of thioether (sulfide) groups is 1. The predicted molar refractivity (Wildman–Crippen MR) is 94.8 cm³/mol. The zero-order valence-corrected chi connectivity index (χ0v) is 14.8. The number of aromatic nitrogens is 2. The second-order valence-corrected chi connectivity index (χ2v) is 7.10. The number of amides is 1. The van der Waals surface area contributed by atoms with Gasteiger partial charge in [-0.25, -0.2) is 4.98 Å². The Kier molecular flexibility index (Phi) is 5.82. The second-order valence-electron chi connectivity index (χ2n) is 6.11. The van der Waals surface area contributed by atoms with Gasteiger partial charge in [-0.2, -0.15) is 0 Å². The number of carbonyl (C=O) groups is 1. The average molecular weight is 333 g/mol. The highest BCUT2D eigenvalue weighted by molar-refractivity contribution is 7.99. The Morgan fingerprint density at radius 2 is 2.09 bits per heavy atom. The van der Waals surface area contributed by atoms with Crippen molar-refractivity contribution in [2.75, 3.05) is 5.75 Å². The summed E-state index contributed by atoms with van der Waals surface area (Å²) in [6, 6.07) is 5.46. The van der Waals surface area contributed by atoms with E-state index < -0.39 is 0 Å². The van der Waals surface area contributed by atoms with Crippen LogP contribution in [0.15, 0.2) is 29.2 Å². The van der Waals surface area contributed by atoms with Gasteiger partial charge in [0.1, 0.15) is 5.65 Å². The van der Waals surface area contributed by atoms with Gasteiger partial charge in [0.2, 0.25) is 5.91 Å². The molecule has 0 radical (unpaired) electrons. The molecule has 0 aliphatic carbocycles. The summed E-state index contributed by atoms with van der Waals surface area (Å²) in [5.74, 6) is 1.34.